The molecule has 0 radical (unpaired) electrons. The summed E-state index contributed by atoms with van der Waals surface area (Å²) < 4.78 is 171. The van der Waals surface area contributed by atoms with Gasteiger partial charge in [-0.05, 0) is 0 Å². The Morgan fingerprint density at radius 1 is 0.500 bits per heavy atom. The van der Waals surface area contributed by atoms with Crippen molar-refractivity contribution in [2.75, 3.05) is 6.61 Å². The number of ether oxygens (including phenoxy) is 1. The van der Waals surface area contributed by atoms with Crippen LogP contribution >= 0.6 is 0 Å². The molecule has 15 heteroatoms. The Morgan fingerprint density at radius 2 is 0.773 bits per heavy atom. The Morgan fingerprint density at radius 3 is 0.955 bits per heavy atom. The van der Waals surface area contributed by atoms with Crippen LogP contribution < -0.4 is 0 Å². The van der Waals surface area contributed by atoms with E-state index in [0.29, 0.717) is 0 Å². The maximum Gasteiger partial charge on any atom is 0.459 e. The lowest BCUT2D eigenvalue weighted by molar-refractivity contribution is -0.472. The summed E-state index contributed by atoms with van der Waals surface area (Å²) in [6, 6.07) is 0. The highest BCUT2D eigenvalue weighted by Crippen LogP contribution is 2.57. The summed E-state index contributed by atoms with van der Waals surface area (Å²) in [5.74, 6) is -22.6. The monoisotopic (exact) mass is 368 g/mol. The first kappa shape index (κ1) is 21.0. The molecule has 0 fully saturated rings. The molecule has 0 bridgehead atoms. The maximum absolute atomic E-state index is 13.2. The van der Waals surface area contributed by atoms with Crippen molar-refractivity contribution in [3.05, 3.63) is 0 Å². The summed E-state index contributed by atoms with van der Waals surface area (Å²) in [7, 11) is 0. The molecule has 0 N–H and O–H groups in total. The van der Waals surface area contributed by atoms with Gasteiger partial charge in [-0.15, -0.1) is 0 Å². The topological polar surface area (TPSA) is 9.23 Å². The molecule has 22 heavy (non-hydrogen) atoms. The molecule has 0 unspecified atom stereocenters. The van der Waals surface area contributed by atoms with Gasteiger partial charge < -0.3 is 4.74 Å². The molecule has 0 aliphatic carbocycles. The van der Waals surface area contributed by atoms with Crippen molar-refractivity contribution >= 4 is 0 Å². The van der Waals surface area contributed by atoms with Crippen LogP contribution in [-0.4, -0.2) is 42.8 Å². The predicted octanol–water partition coefficient (Wildman–Crippen LogP) is 4.63. The van der Waals surface area contributed by atoms with Crippen LogP contribution in [0.2, 0.25) is 0 Å². The van der Waals surface area contributed by atoms with Gasteiger partial charge in [-0.25, -0.2) is 0 Å². The van der Waals surface area contributed by atoms with E-state index in [1.54, 1.807) is 0 Å². The van der Waals surface area contributed by atoms with Crippen LogP contribution in [0.15, 0.2) is 0 Å². The highest BCUT2D eigenvalue weighted by molar-refractivity contribution is 5.04. The molecule has 0 aromatic carbocycles. The van der Waals surface area contributed by atoms with Crippen LogP contribution in [0.5, 0.6) is 0 Å². The van der Waals surface area contributed by atoms with E-state index in [1.165, 1.54) is 0 Å². The number of hydrogen-bond acceptors (Lipinski definition) is 1. The first-order valence-electron chi connectivity index (χ1n) is 4.49. The molecule has 0 saturated carbocycles. The van der Waals surface area contributed by atoms with Crippen LogP contribution in [-0.2, 0) is 4.74 Å². The third kappa shape index (κ3) is 3.48. The van der Waals surface area contributed by atoms with Crippen molar-refractivity contribution < 1.29 is 66.2 Å². The average molecular weight is 368 g/mol. The van der Waals surface area contributed by atoms with E-state index >= 15 is 0 Å². The van der Waals surface area contributed by atoms with Crippen LogP contribution in [0, 0.1) is 0 Å². The van der Waals surface area contributed by atoms with E-state index in [1.807, 2.05) is 4.74 Å². The van der Waals surface area contributed by atoms with Crippen molar-refractivity contribution in [1.29, 1.82) is 0 Å². The van der Waals surface area contributed by atoms with Gasteiger partial charge in [-0.1, -0.05) is 0 Å². The Labute approximate surface area is 110 Å². The minimum atomic E-state index is -7.61. The van der Waals surface area contributed by atoms with Crippen LogP contribution in [0.25, 0.3) is 0 Å². The summed E-state index contributed by atoms with van der Waals surface area (Å²) >= 11 is 0. The number of rotatable bonds is 4. The second kappa shape index (κ2) is 5.26. The molecule has 0 rings (SSSR count). The number of hydrogen-bond donors (Lipinski definition) is 0. The van der Waals surface area contributed by atoms with Gasteiger partial charge in [0.1, 0.15) is 6.61 Å². The second-order valence-electron chi connectivity index (χ2n) is 3.64. The Balaban J connectivity index is 6.12. The number of alkyl halides is 14. The lowest BCUT2D eigenvalue weighted by atomic mass is 10.0. The molecule has 0 aliphatic rings. The Kier molecular flexibility index (Phi) is 5.02. The fourth-order valence-corrected chi connectivity index (χ4v) is 0.924. The predicted molar refractivity (Wildman–Crippen MR) is 37.9 cm³/mol. The van der Waals surface area contributed by atoms with E-state index in [9.17, 15) is 61.5 Å². The van der Waals surface area contributed by atoms with E-state index < -0.39 is 42.8 Å². The molecule has 0 amide bonds. The summed E-state index contributed by atoms with van der Waals surface area (Å²) in [6.45, 7) is -3.55. The van der Waals surface area contributed by atoms with Gasteiger partial charge in [0.05, 0.1) is 0 Å². The minimum absolute atomic E-state index is 2.04. The van der Waals surface area contributed by atoms with Crippen LogP contribution in [0.1, 0.15) is 0 Å². The van der Waals surface area contributed by atoms with E-state index in [-0.39, 0.29) is 0 Å². The molecule has 0 aromatic heterocycles. The Bertz CT molecular complexity index is 359. The lowest BCUT2D eigenvalue weighted by Crippen LogP contribution is -2.69. The highest BCUT2D eigenvalue weighted by Gasteiger charge is 2.88. The highest BCUT2D eigenvalue weighted by atomic mass is 19.4. The standard InChI is InChI=1S/C7H2F14O/c8-2(9,10)1-22-5(15,3(11,12)6(16,17)18)4(13,14)7(19,20)21/h1H2. The molecular formula is C7H2F14O. The van der Waals surface area contributed by atoms with Crippen LogP contribution in [0.3, 0.4) is 0 Å². The molecule has 0 aromatic rings. The van der Waals surface area contributed by atoms with Crippen LogP contribution in [0.4, 0.5) is 61.5 Å². The third-order valence-electron chi connectivity index (χ3n) is 1.95. The van der Waals surface area contributed by atoms with Gasteiger partial charge in [0.25, 0.3) is 0 Å². The largest absolute Gasteiger partial charge is 0.459 e. The van der Waals surface area contributed by atoms with Crippen molar-refractivity contribution in [1.82, 2.24) is 0 Å². The van der Waals surface area contributed by atoms with Gasteiger partial charge in [-0.2, -0.15) is 61.5 Å². The van der Waals surface area contributed by atoms with Gasteiger partial charge in [0.15, 0.2) is 0 Å². The quantitative estimate of drug-likeness (QED) is 0.658. The zero-order valence-corrected chi connectivity index (χ0v) is 9.41. The van der Waals surface area contributed by atoms with Gasteiger partial charge in [0.2, 0.25) is 0 Å². The Hall–Kier alpha value is -1.02. The smallest absolute Gasteiger partial charge is 0.326 e. The number of halogens is 14. The third-order valence-corrected chi connectivity index (χ3v) is 1.95. The fourth-order valence-electron chi connectivity index (χ4n) is 0.924. The fraction of sp³-hybridized carbons (Fsp3) is 1.00. The van der Waals surface area contributed by atoms with E-state index in [4.69, 9.17) is 0 Å². The van der Waals surface area contributed by atoms with Gasteiger partial charge >= 0.3 is 36.2 Å². The summed E-state index contributed by atoms with van der Waals surface area (Å²) in [5.41, 5.74) is 0. The summed E-state index contributed by atoms with van der Waals surface area (Å²) in [5, 5.41) is 0. The molecule has 134 valence electrons. The molecule has 0 saturated heterocycles. The van der Waals surface area contributed by atoms with Crippen molar-refractivity contribution in [3.63, 3.8) is 0 Å². The second-order valence-corrected chi connectivity index (χ2v) is 3.64. The molecular weight excluding hydrogens is 366 g/mol. The molecule has 1 nitrogen and oxygen atoms in total. The lowest BCUT2D eigenvalue weighted by Gasteiger charge is -2.39. The normalized spacial score (nSPS) is 16.1. The van der Waals surface area contributed by atoms with Gasteiger partial charge in [-0.3, -0.25) is 0 Å². The summed E-state index contributed by atoms with van der Waals surface area (Å²) in [6.07, 6.45) is -20.8. The molecule has 0 heterocycles. The van der Waals surface area contributed by atoms with Crippen molar-refractivity contribution in [3.8, 4) is 0 Å². The van der Waals surface area contributed by atoms with E-state index in [0.717, 1.165) is 0 Å². The molecule has 0 aliphatic heterocycles. The first-order chi connectivity index (χ1) is 9.21. The van der Waals surface area contributed by atoms with E-state index in [2.05, 4.69) is 0 Å². The molecule has 0 atom stereocenters. The van der Waals surface area contributed by atoms with Gasteiger partial charge in [0, 0.05) is 0 Å². The molecule has 0 spiro atoms. The zero-order valence-electron chi connectivity index (χ0n) is 9.41. The van der Waals surface area contributed by atoms with Crippen molar-refractivity contribution in [2.24, 2.45) is 0 Å². The first-order valence-corrected chi connectivity index (χ1v) is 4.49. The average Bonchev–Trinajstić information content (AvgIpc) is 2.20. The zero-order chi connectivity index (χ0) is 18.4. The van der Waals surface area contributed by atoms with Crippen molar-refractivity contribution in [2.45, 2.75) is 36.2 Å². The summed E-state index contributed by atoms with van der Waals surface area (Å²) in [4.78, 5) is 0. The minimum Gasteiger partial charge on any atom is -0.326 e. The maximum atomic E-state index is 13.2. The SMILES string of the molecule is FC(F)(F)COC(F)(C(F)(F)C(F)(F)F)C(F)(F)C(F)(F)F.